The normalized spacial score (nSPS) is 16.9. The van der Waals surface area contributed by atoms with Crippen LogP contribution in [0.4, 0.5) is 4.79 Å². The molecule has 0 spiro atoms. The molecule has 0 unspecified atom stereocenters. The molecule has 1 aliphatic heterocycles. The molecule has 0 aromatic heterocycles. The Morgan fingerprint density at radius 2 is 1.95 bits per heavy atom. The second-order valence-electron chi connectivity index (χ2n) is 5.70. The van der Waals surface area contributed by atoms with Gasteiger partial charge in [0.05, 0.1) is 13.0 Å². The van der Waals surface area contributed by atoms with Crippen LogP contribution < -0.4 is 0 Å². The van der Waals surface area contributed by atoms with Gasteiger partial charge in [0.2, 0.25) is 0 Å². The lowest BCUT2D eigenvalue weighted by molar-refractivity contribution is -0.137. The van der Waals surface area contributed by atoms with Crippen LogP contribution in [0.3, 0.4) is 0 Å². The molecular weight excluding hydrogens is 248 g/mol. The first-order valence-electron chi connectivity index (χ1n) is 6.68. The molecule has 1 N–H and O–H groups in total. The van der Waals surface area contributed by atoms with Crippen molar-refractivity contribution in [3.05, 3.63) is 0 Å². The molecule has 0 aromatic carbocycles. The Bertz CT molecular complexity index is 317. The molecule has 19 heavy (non-hydrogen) atoms. The van der Waals surface area contributed by atoms with Crippen LogP contribution in [0.1, 0.15) is 33.6 Å². The van der Waals surface area contributed by atoms with E-state index in [4.69, 9.17) is 9.84 Å². The van der Waals surface area contributed by atoms with Gasteiger partial charge in [-0.1, -0.05) is 0 Å². The number of hydrogen-bond acceptors (Lipinski definition) is 3. The molecule has 6 nitrogen and oxygen atoms in total. The predicted octanol–water partition coefficient (Wildman–Crippen LogP) is 1.40. The molecule has 0 aliphatic carbocycles. The molecule has 1 rings (SSSR count). The van der Waals surface area contributed by atoms with Crippen LogP contribution in [0.2, 0.25) is 0 Å². The van der Waals surface area contributed by atoms with E-state index in [0.717, 1.165) is 6.42 Å². The van der Waals surface area contributed by atoms with E-state index in [0.29, 0.717) is 26.3 Å². The number of amides is 2. The van der Waals surface area contributed by atoms with Gasteiger partial charge in [-0.3, -0.25) is 4.79 Å². The van der Waals surface area contributed by atoms with Crippen LogP contribution in [-0.2, 0) is 9.53 Å². The SMILES string of the molecule is CC(C)(C)N(CCC(=O)O)C(=O)N1CCCOCC1. The van der Waals surface area contributed by atoms with Gasteiger partial charge in [-0.2, -0.15) is 0 Å². The third kappa shape index (κ3) is 5.06. The maximum atomic E-state index is 12.5. The minimum atomic E-state index is -0.888. The minimum absolute atomic E-state index is 0.0344. The highest BCUT2D eigenvalue weighted by atomic mass is 16.5. The zero-order valence-corrected chi connectivity index (χ0v) is 12.0. The van der Waals surface area contributed by atoms with Gasteiger partial charge in [0.25, 0.3) is 0 Å². The summed E-state index contributed by atoms with van der Waals surface area (Å²) in [6.45, 7) is 8.44. The van der Waals surface area contributed by atoms with Gasteiger partial charge in [0, 0.05) is 31.8 Å². The Morgan fingerprint density at radius 3 is 2.53 bits per heavy atom. The summed E-state index contributed by atoms with van der Waals surface area (Å²) in [5.74, 6) is -0.888. The number of nitrogens with zero attached hydrogens (tertiary/aromatic N) is 2. The van der Waals surface area contributed by atoms with E-state index in [-0.39, 0.29) is 24.5 Å². The highest BCUT2D eigenvalue weighted by Gasteiger charge is 2.30. The van der Waals surface area contributed by atoms with E-state index in [2.05, 4.69) is 0 Å². The van der Waals surface area contributed by atoms with Crippen molar-refractivity contribution in [1.82, 2.24) is 9.80 Å². The molecule has 0 aromatic rings. The van der Waals surface area contributed by atoms with Crippen molar-refractivity contribution >= 4 is 12.0 Å². The molecule has 1 fully saturated rings. The van der Waals surface area contributed by atoms with Crippen molar-refractivity contribution in [1.29, 1.82) is 0 Å². The predicted molar refractivity (Wildman–Crippen MR) is 71.1 cm³/mol. The zero-order chi connectivity index (χ0) is 14.5. The highest BCUT2D eigenvalue weighted by Crippen LogP contribution is 2.17. The molecule has 0 bridgehead atoms. The summed E-state index contributed by atoms with van der Waals surface area (Å²) in [4.78, 5) is 26.6. The molecule has 0 atom stereocenters. The largest absolute Gasteiger partial charge is 0.481 e. The second-order valence-corrected chi connectivity index (χ2v) is 5.70. The van der Waals surface area contributed by atoms with Crippen molar-refractivity contribution in [3.63, 3.8) is 0 Å². The van der Waals surface area contributed by atoms with Gasteiger partial charge in [0.1, 0.15) is 0 Å². The fourth-order valence-corrected chi connectivity index (χ4v) is 2.03. The molecule has 2 amide bonds. The third-order valence-electron chi connectivity index (χ3n) is 3.08. The van der Waals surface area contributed by atoms with Crippen molar-refractivity contribution < 1.29 is 19.4 Å². The minimum Gasteiger partial charge on any atom is -0.481 e. The van der Waals surface area contributed by atoms with E-state index in [1.54, 1.807) is 9.80 Å². The van der Waals surface area contributed by atoms with Crippen LogP contribution >= 0.6 is 0 Å². The van der Waals surface area contributed by atoms with Crippen molar-refractivity contribution in [2.45, 2.75) is 39.2 Å². The quantitative estimate of drug-likeness (QED) is 0.843. The van der Waals surface area contributed by atoms with Crippen LogP contribution in [0.5, 0.6) is 0 Å². The summed E-state index contributed by atoms with van der Waals surface area (Å²) in [6, 6.07) is -0.0979. The average Bonchev–Trinajstić information content (AvgIpc) is 2.55. The number of carboxylic acids is 1. The van der Waals surface area contributed by atoms with Gasteiger partial charge in [-0.25, -0.2) is 4.79 Å². The van der Waals surface area contributed by atoms with E-state index in [1.807, 2.05) is 20.8 Å². The smallest absolute Gasteiger partial charge is 0.320 e. The fraction of sp³-hybridized carbons (Fsp3) is 0.846. The number of carboxylic acid groups (broad SMARTS) is 1. The summed E-state index contributed by atoms with van der Waals surface area (Å²) in [5, 5.41) is 8.79. The Kier molecular flexibility index (Phi) is 5.60. The second kappa shape index (κ2) is 6.75. The van der Waals surface area contributed by atoms with Gasteiger partial charge >= 0.3 is 12.0 Å². The first kappa shape index (κ1) is 15.8. The van der Waals surface area contributed by atoms with Gasteiger partial charge in [0.15, 0.2) is 0 Å². The number of carbonyl (C=O) groups excluding carboxylic acids is 1. The van der Waals surface area contributed by atoms with E-state index < -0.39 is 5.97 Å². The highest BCUT2D eigenvalue weighted by molar-refractivity contribution is 5.76. The summed E-state index contributed by atoms with van der Waals surface area (Å²) in [6.07, 6.45) is 0.788. The molecule has 1 heterocycles. The molecule has 1 aliphatic rings. The lowest BCUT2D eigenvalue weighted by Gasteiger charge is -2.38. The van der Waals surface area contributed by atoms with Crippen molar-refractivity contribution in [2.24, 2.45) is 0 Å². The topological polar surface area (TPSA) is 70.1 Å². The van der Waals surface area contributed by atoms with E-state index in [1.165, 1.54) is 0 Å². The van der Waals surface area contributed by atoms with Gasteiger partial charge in [-0.15, -0.1) is 0 Å². The maximum Gasteiger partial charge on any atom is 0.320 e. The third-order valence-corrected chi connectivity index (χ3v) is 3.08. The number of hydrogen-bond donors (Lipinski definition) is 1. The summed E-state index contributed by atoms with van der Waals surface area (Å²) in [7, 11) is 0. The fourth-order valence-electron chi connectivity index (χ4n) is 2.03. The molecular formula is C13H24N2O4. The molecule has 6 heteroatoms. The van der Waals surface area contributed by atoms with Crippen molar-refractivity contribution in [2.75, 3.05) is 32.8 Å². The maximum absolute atomic E-state index is 12.5. The number of ether oxygens (including phenoxy) is 1. The number of urea groups is 1. The summed E-state index contributed by atoms with van der Waals surface area (Å²) >= 11 is 0. The van der Waals surface area contributed by atoms with Gasteiger partial charge < -0.3 is 19.6 Å². The van der Waals surface area contributed by atoms with Crippen LogP contribution in [-0.4, -0.2) is 65.3 Å². The first-order chi connectivity index (χ1) is 8.82. The Morgan fingerprint density at radius 1 is 1.26 bits per heavy atom. The van der Waals surface area contributed by atoms with Crippen molar-refractivity contribution in [3.8, 4) is 0 Å². The zero-order valence-electron chi connectivity index (χ0n) is 12.0. The van der Waals surface area contributed by atoms with E-state index in [9.17, 15) is 9.59 Å². The first-order valence-corrected chi connectivity index (χ1v) is 6.68. The molecule has 110 valence electrons. The van der Waals surface area contributed by atoms with E-state index >= 15 is 0 Å². The van der Waals surface area contributed by atoms with Crippen LogP contribution in [0, 0.1) is 0 Å². The Balaban J connectivity index is 2.72. The lowest BCUT2D eigenvalue weighted by atomic mass is 10.1. The Labute approximate surface area is 114 Å². The molecule has 0 radical (unpaired) electrons. The van der Waals surface area contributed by atoms with Crippen LogP contribution in [0.25, 0.3) is 0 Å². The van der Waals surface area contributed by atoms with Gasteiger partial charge in [-0.05, 0) is 27.2 Å². The lowest BCUT2D eigenvalue weighted by Crippen LogP contribution is -2.53. The Hall–Kier alpha value is -1.30. The molecule has 1 saturated heterocycles. The summed E-state index contributed by atoms with van der Waals surface area (Å²) < 4.78 is 5.33. The van der Waals surface area contributed by atoms with Crippen LogP contribution in [0.15, 0.2) is 0 Å². The number of carbonyl (C=O) groups is 2. The summed E-state index contributed by atoms with van der Waals surface area (Å²) in [5.41, 5.74) is -0.389. The monoisotopic (exact) mass is 272 g/mol. The number of rotatable bonds is 3. The number of aliphatic carboxylic acids is 1. The standard InChI is InChI=1S/C13H24N2O4/c1-13(2,3)15(7-5-11(16)17)12(18)14-6-4-9-19-10-8-14/h4-10H2,1-3H3,(H,16,17). The average molecular weight is 272 g/mol. The molecule has 0 saturated carbocycles.